The topological polar surface area (TPSA) is 32.6 Å². The molecule has 0 fully saturated rings. The summed E-state index contributed by atoms with van der Waals surface area (Å²) in [5.41, 5.74) is 0.819. The summed E-state index contributed by atoms with van der Waals surface area (Å²) in [5.74, 6) is 0. The molecule has 1 aliphatic rings. The monoisotopic (exact) mass is 123 g/mol. The third-order valence-corrected chi connectivity index (χ3v) is 1.13. The van der Waals surface area contributed by atoms with Crippen molar-refractivity contribution in [1.82, 2.24) is 0 Å². The van der Waals surface area contributed by atoms with E-state index >= 15 is 0 Å². The zero-order valence-electron chi connectivity index (χ0n) is 5.12. The van der Waals surface area contributed by atoms with Crippen molar-refractivity contribution in [2.24, 2.45) is 4.99 Å². The highest BCUT2D eigenvalue weighted by Crippen LogP contribution is 1.95. The van der Waals surface area contributed by atoms with Crippen LogP contribution in [0.1, 0.15) is 6.42 Å². The highest BCUT2D eigenvalue weighted by molar-refractivity contribution is 5.87. The first-order chi connectivity index (χ1) is 4.43. The second kappa shape index (κ2) is 3.20. The minimum atomic E-state index is 0.0642. The van der Waals surface area contributed by atoms with Crippen LogP contribution >= 0.6 is 0 Å². The Morgan fingerprint density at radius 1 is 1.56 bits per heavy atom. The van der Waals surface area contributed by atoms with Gasteiger partial charge in [0.1, 0.15) is 0 Å². The summed E-state index contributed by atoms with van der Waals surface area (Å²) in [6, 6.07) is 0. The Morgan fingerprint density at radius 2 is 2.44 bits per heavy atom. The summed E-state index contributed by atoms with van der Waals surface area (Å²) in [7, 11) is 0. The van der Waals surface area contributed by atoms with Gasteiger partial charge in [0.2, 0.25) is 0 Å². The number of aliphatic imine (C=N–C) groups is 1. The number of aliphatic hydroxyl groups is 1. The predicted octanol–water partition coefficient (Wildman–Crippen LogP) is 0.893. The molecule has 9 heavy (non-hydrogen) atoms. The number of nitrogens with zero attached hydrogens (tertiary/aromatic N) is 1. The van der Waals surface area contributed by atoms with Crippen LogP contribution in [0.2, 0.25) is 0 Å². The number of hydrogen-bond donors (Lipinski definition) is 1. The van der Waals surface area contributed by atoms with Crippen molar-refractivity contribution in [3.63, 3.8) is 0 Å². The van der Waals surface area contributed by atoms with Crippen molar-refractivity contribution in [1.29, 1.82) is 0 Å². The molecule has 2 heteroatoms. The van der Waals surface area contributed by atoms with Crippen LogP contribution in [-0.2, 0) is 0 Å². The highest BCUT2D eigenvalue weighted by atomic mass is 16.3. The molecule has 0 amide bonds. The number of rotatable bonds is 1. The van der Waals surface area contributed by atoms with Crippen LogP contribution in [0.15, 0.2) is 29.4 Å². The van der Waals surface area contributed by atoms with Crippen LogP contribution in [-0.4, -0.2) is 17.4 Å². The summed E-state index contributed by atoms with van der Waals surface area (Å²) in [4.78, 5) is 3.97. The van der Waals surface area contributed by atoms with Crippen LogP contribution in [0.3, 0.4) is 0 Å². The predicted molar refractivity (Wildman–Crippen MR) is 37.4 cm³/mol. The third-order valence-electron chi connectivity index (χ3n) is 1.13. The largest absolute Gasteiger partial charge is 0.390 e. The molecule has 1 heterocycles. The van der Waals surface area contributed by atoms with Crippen molar-refractivity contribution in [2.45, 2.75) is 6.42 Å². The molecule has 0 saturated carbocycles. The summed E-state index contributed by atoms with van der Waals surface area (Å²) >= 11 is 0. The van der Waals surface area contributed by atoms with Crippen molar-refractivity contribution < 1.29 is 5.11 Å². The van der Waals surface area contributed by atoms with Gasteiger partial charge in [0, 0.05) is 18.3 Å². The third kappa shape index (κ3) is 1.82. The fourth-order valence-corrected chi connectivity index (χ4v) is 0.639. The minimum Gasteiger partial charge on any atom is -0.390 e. The van der Waals surface area contributed by atoms with Crippen LogP contribution in [0.5, 0.6) is 0 Å². The molecule has 0 atom stereocenters. The Kier molecular flexibility index (Phi) is 2.22. The average Bonchev–Trinajstić information content (AvgIpc) is 2.13. The van der Waals surface area contributed by atoms with E-state index in [9.17, 15) is 0 Å². The molecule has 0 saturated heterocycles. The molecular formula is C7H9NO. The maximum absolute atomic E-state index is 8.62. The van der Waals surface area contributed by atoms with E-state index < -0.39 is 0 Å². The van der Waals surface area contributed by atoms with Crippen LogP contribution in [0.4, 0.5) is 0 Å². The van der Waals surface area contributed by atoms with Gasteiger partial charge in [-0.05, 0) is 6.08 Å². The quantitative estimate of drug-likeness (QED) is 0.552. The van der Waals surface area contributed by atoms with E-state index in [1.54, 1.807) is 6.20 Å². The van der Waals surface area contributed by atoms with Gasteiger partial charge in [-0.1, -0.05) is 12.2 Å². The standard InChI is InChI=1S/C7H9NO/c9-6-7-4-2-1-3-5-8-7/h1-3,5,9H,4,6H2. The van der Waals surface area contributed by atoms with Crippen molar-refractivity contribution >= 4 is 5.71 Å². The average molecular weight is 123 g/mol. The Hall–Kier alpha value is -0.890. The zero-order valence-corrected chi connectivity index (χ0v) is 5.12. The van der Waals surface area contributed by atoms with Gasteiger partial charge in [0.25, 0.3) is 0 Å². The summed E-state index contributed by atoms with van der Waals surface area (Å²) in [6.45, 7) is 0.0642. The molecule has 0 radical (unpaired) electrons. The van der Waals surface area contributed by atoms with E-state index in [4.69, 9.17) is 5.11 Å². The molecule has 2 nitrogen and oxygen atoms in total. The SMILES string of the molecule is OCC1=NC=CC=CC1. The molecule has 0 aromatic heterocycles. The van der Waals surface area contributed by atoms with Gasteiger partial charge in [-0.3, -0.25) is 4.99 Å². The van der Waals surface area contributed by atoms with E-state index in [2.05, 4.69) is 4.99 Å². The van der Waals surface area contributed by atoms with E-state index in [0.29, 0.717) is 0 Å². The lowest BCUT2D eigenvalue weighted by Crippen LogP contribution is -2.00. The van der Waals surface area contributed by atoms with Crippen molar-refractivity contribution in [2.75, 3.05) is 6.61 Å². The molecule has 0 aromatic rings. The molecule has 0 aliphatic carbocycles. The lowest BCUT2D eigenvalue weighted by Gasteiger charge is -1.92. The highest BCUT2D eigenvalue weighted by Gasteiger charge is 1.92. The normalized spacial score (nSPS) is 17.2. The Labute approximate surface area is 54.2 Å². The van der Waals surface area contributed by atoms with Gasteiger partial charge in [-0.15, -0.1) is 0 Å². The second-order valence-electron chi connectivity index (χ2n) is 1.83. The first-order valence-electron chi connectivity index (χ1n) is 2.91. The Balaban J connectivity index is 2.62. The van der Waals surface area contributed by atoms with Gasteiger partial charge < -0.3 is 5.11 Å². The fraction of sp³-hybridized carbons (Fsp3) is 0.286. The van der Waals surface area contributed by atoms with Gasteiger partial charge in [0.05, 0.1) is 6.61 Å². The first-order valence-corrected chi connectivity index (χ1v) is 2.91. The zero-order chi connectivity index (χ0) is 6.53. The molecule has 1 N–H and O–H groups in total. The molecule has 0 bridgehead atoms. The van der Waals surface area contributed by atoms with Crippen LogP contribution in [0, 0.1) is 0 Å². The van der Waals surface area contributed by atoms with E-state index in [0.717, 1.165) is 12.1 Å². The molecule has 0 spiro atoms. The second-order valence-corrected chi connectivity index (χ2v) is 1.83. The van der Waals surface area contributed by atoms with Crippen LogP contribution < -0.4 is 0 Å². The maximum atomic E-state index is 8.62. The van der Waals surface area contributed by atoms with E-state index in [1.165, 1.54) is 0 Å². The van der Waals surface area contributed by atoms with Gasteiger partial charge in [-0.2, -0.15) is 0 Å². The lowest BCUT2D eigenvalue weighted by molar-refractivity contribution is 0.356. The Bertz CT molecular complexity index is 168. The molecule has 0 unspecified atom stereocenters. The van der Waals surface area contributed by atoms with Crippen LogP contribution in [0.25, 0.3) is 0 Å². The van der Waals surface area contributed by atoms with E-state index in [1.807, 2.05) is 18.2 Å². The summed E-state index contributed by atoms with van der Waals surface area (Å²) in [6.07, 6.45) is 8.20. The first kappa shape index (κ1) is 6.23. The van der Waals surface area contributed by atoms with Gasteiger partial charge in [0.15, 0.2) is 0 Å². The number of hydrogen-bond acceptors (Lipinski definition) is 2. The maximum Gasteiger partial charge on any atom is 0.0816 e. The van der Waals surface area contributed by atoms with Gasteiger partial charge >= 0.3 is 0 Å². The minimum absolute atomic E-state index is 0.0642. The van der Waals surface area contributed by atoms with E-state index in [-0.39, 0.29) is 6.61 Å². The number of aliphatic hydroxyl groups excluding tert-OH is 1. The number of allylic oxidation sites excluding steroid dienone is 3. The smallest absolute Gasteiger partial charge is 0.0816 e. The summed E-state index contributed by atoms with van der Waals surface area (Å²) < 4.78 is 0. The summed E-state index contributed by atoms with van der Waals surface area (Å²) in [5, 5.41) is 8.62. The fourth-order valence-electron chi connectivity index (χ4n) is 0.639. The molecule has 48 valence electrons. The molecular weight excluding hydrogens is 114 g/mol. The Morgan fingerprint density at radius 3 is 3.22 bits per heavy atom. The van der Waals surface area contributed by atoms with Crippen molar-refractivity contribution in [3.8, 4) is 0 Å². The lowest BCUT2D eigenvalue weighted by atomic mass is 10.3. The molecule has 0 aromatic carbocycles. The van der Waals surface area contributed by atoms with Gasteiger partial charge in [-0.25, -0.2) is 0 Å². The van der Waals surface area contributed by atoms with Crippen molar-refractivity contribution in [3.05, 3.63) is 24.4 Å². The molecule has 1 aliphatic heterocycles. The molecule has 1 rings (SSSR count).